The van der Waals surface area contributed by atoms with Crippen molar-refractivity contribution in [1.29, 1.82) is 0 Å². The van der Waals surface area contributed by atoms with E-state index in [1.165, 1.54) is 6.26 Å². The molecule has 1 atom stereocenters. The molecule has 0 unspecified atom stereocenters. The van der Waals surface area contributed by atoms with Crippen LogP contribution in [0.4, 0.5) is 5.69 Å². The molecule has 3 aromatic rings. The summed E-state index contributed by atoms with van der Waals surface area (Å²) in [5.74, 6) is 1.00. The third kappa shape index (κ3) is 4.46. The fourth-order valence-corrected chi connectivity index (χ4v) is 3.88. The Morgan fingerprint density at radius 3 is 2.67 bits per heavy atom. The van der Waals surface area contributed by atoms with Crippen molar-refractivity contribution >= 4 is 11.6 Å². The quantitative estimate of drug-likeness (QED) is 0.651. The van der Waals surface area contributed by atoms with Gasteiger partial charge < -0.3 is 19.4 Å². The molecule has 7 nitrogen and oxygen atoms in total. The number of aromatic nitrogens is 1. The fraction of sp³-hybridized carbons (Fsp3) is 0.304. The summed E-state index contributed by atoms with van der Waals surface area (Å²) in [6.07, 6.45) is 5.14. The predicted molar refractivity (Wildman–Crippen MR) is 115 cm³/mol. The molecule has 1 aromatic carbocycles. The standard InChI is InChI=1S/C23H26N4O3/c1-29-21-8-3-2-7-19(21)26-11-13-27(14-12-26)20(18-6-4-10-24-16-18)17-25-23(28)22-9-5-15-30-22/h2-10,15-16,20H,11-14,17H2,1H3,(H,25,28)/t20-/m0/s1. The summed E-state index contributed by atoms with van der Waals surface area (Å²) in [7, 11) is 1.70. The highest BCUT2D eigenvalue weighted by Crippen LogP contribution is 2.30. The Hall–Kier alpha value is -3.32. The van der Waals surface area contributed by atoms with Crippen molar-refractivity contribution in [2.24, 2.45) is 0 Å². The van der Waals surface area contributed by atoms with Gasteiger partial charge in [0, 0.05) is 45.1 Å². The van der Waals surface area contributed by atoms with Gasteiger partial charge in [-0.15, -0.1) is 0 Å². The maximum Gasteiger partial charge on any atom is 0.287 e. The number of pyridine rings is 1. The second kappa shape index (κ2) is 9.45. The van der Waals surface area contributed by atoms with Gasteiger partial charge in [-0.1, -0.05) is 18.2 Å². The number of benzene rings is 1. The summed E-state index contributed by atoms with van der Waals surface area (Å²) in [5, 5.41) is 3.01. The molecule has 2 aromatic heterocycles. The maximum absolute atomic E-state index is 12.4. The Labute approximate surface area is 176 Å². The maximum atomic E-state index is 12.4. The fourth-order valence-electron chi connectivity index (χ4n) is 3.88. The van der Waals surface area contributed by atoms with Gasteiger partial charge >= 0.3 is 0 Å². The summed E-state index contributed by atoms with van der Waals surface area (Å²) in [6, 6.07) is 15.5. The molecule has 1 aliphatic heterocycles. The summed E-state index contributed by atoms with van der Waals surface area (Å²) >= 11 is 0. The molecule has 30 heavy (non-hydrogen) atoms. The third-order valence-corrected chi connectivity index (χ3v) is 5.45. The Morgan fingerprint density at radius 1 is 1.13 bits per heavy atom. The van der Waals surface area contributed by atoms with Crippen LogP contribution in [0.3, 0.4) is 0 Å². The zero-order chi connectivity index (χ0) is 20.8. The van der Waals surface area contributed by atoms with Crippen molar-refractivity contribution in [3.8, 4) is 5.75 Å². The van der Waals surface area contributed by atoms with Crippen LogP contribution in [0, 0.1) is 0 Å². The number of furan rings is 1. The molecule has 0 aliphatic carbocycles. The number of hydrogen-bond acceptors (Lipinski definition) is 6. The van der Waals surface area contributed by atoms with Crippen LogP contribution in [-0.2, 0) is 0 Å². The predicted octanol–water partition coefficient (Wildman–Crippen LogP) is 2.98. The molecular weight excluding hydrogens is 380 g/mol. The molecule has 0 spiro atoms. The molecule has 7 heteroatoms. The first-order chi connectivity index (χ1) is 14.8. The first-order valence-corrected chi connectivity index (χ1v) is 10.1. The van der Waals surface area contributed by atoms with E-state index in [9.17, 15) is 4.79 Å². The second-order valence-corrected chi connectivity index (χ2v) is 7.18. The number of nitrogens with zero attached hydrogens (tertiary/aromatic N) is 3. The number of carbonyl (C=O) groups is 1. The summed E-state index contributed by atoms with van der Waals surface area (Å²) < 4.78 is 10.7. The smallest absolute Gasteiger partial charge is 0.287 e. The highest BCUT2D eigenvalue weighted by atomic mass is 16.5. The molecule has 1 fully saturated rings. The Bertz CT molecular complexity index is 938. The normalized spacial score (nSPS) is 15.6. The lowest BCUT2D eigenvalue weighted by Crippen LogP contribution is -2.50. The third-order valence-electron chi connectivity index (χ3n) is 5.45. The number of amides is 1. The Balaban J connectivity index is 1.45. The molecule has 3 heterocycles. The van der Waals surface area contributed by atoms with Crippen LogP contribution < -0.4 is 15.0 Å². The van der Waals surface area contributed by atoms with Gasteiger partial charge in [0.1, 0.15) is 5.75 Å². The van der Waals surface area contributed by atoms with Crippen LogP contribution >= 0.6 is 0 Å². The molecule has 1 amide bonds. The molecule has 1 saturated heterocycles. The molecule has 1 aliphatic rings. The minimum atomic E-state index is -0.207. The van der Waals surface area contributed by atoms with Gasteiger partial charge in [-0.25, -0.2) is 0 Å². The van der Waals surface area contributed by atoms with Gasteiger partial charge in [-0.05, 0) is 35.9 Å². The summed E-state index contributed by atoms with van der Waals surface area (Å²) in [6.45, 7) is 3.98. The van der Waals surface area contributed by atoms with Crippen LogP contribution in [0.25, 0.3) is 0 Å². The van der Waals surface area contributed by atoms with Crippen molar-refractivity contribution in [3.05, 3.63) is 78.5 Å². The number of piperazine rings is 1. The van der Waals surface area contributed by atoms with Crippen molar-refractivity contribution in [3.63, 3.8) is 0 Å². The number of hydrogen-bond donors (Lipinski definition) is 1. The van der Waals surface area contributed by atoms with Gasteiger partial charge in [-0.3, -0.25) is 14.7 Å². The molecule has 156 valence electrons. The molecule has 0 bridgehead atoms. The van der Waals surface area contributed by atoms with Crippen LogP contribution in [0.15, 0.2) is 71.6 Å². The number of ether oxygens (including phenoxy) is 1. The van der Waals surface area contributed by atoms with Crippen molar-refractivity contribution in [2.75, 3.05) is 44.7 Å². The first kappa shape index (κ1) is 20.0. The van der Waals surface area contributed by atoms with E-state index >= 15 is 0 Å². The highest BCUT2D eigenvalue weighted by Gasteiger charge is 2.27. The van der Waals surface area contributed by atoms with Crippen LogP contribution in [-0.4, -0.2) is 55.6 Å². The zero-order valence-corrected chi connectivity index (χ0v) is 17.0. The topological polar surface area (TPSA) is 70.8 Å². The number of methoxy groups -OCH3 is 1. The van der Waals surface area contributed by atoms with E-state index in [0.29, 0.717) is 12.3 Å². The molecule has 4 rings (SSSR count). The van der Waals surface area contributed by atoms with E-state index in [0.717, 1.165) is 43.2 Å². The van der Waals surface area contributed by atoms with Crippen molar-refractivity contribution < 1.29 is 13.9 Å². The van der Waals surface area contributed by atoms with Crippen LogP contribution in [0.2, 0.25) is 0 Å². The zero-order valence-electron chi connectivity index (χ0n) is 17.0. The molecular formula is C23H26N4O3. The summed E-state index contributed by atoms with van der Waals surface area (Å²) in [5.41, 5.74) is 2.20. The Kier molecular flexibility index (Phi) is 6.29. The van der Waals surface area contributed by atoms with Gasteiger partial charge in [0.2, 0.25) is 0 Å². The van der Waals surface area contributed by atoms with E-state index < -0.39 is 0 Å². The van der Waals surface area contributed by atoms with Gasteiger partial charge in [0.05, 0.1) is 25.1 Å². The highest BCUT2D eigenvalue weighted by molar-refractivity contribution is 5.91. The molecule has 0 saturated carbocycles. The van der Waals surface area contributed by atoms with Crippen molar-refractivity contribution in [1.82, 2.24) is 15.2 Å². The van der Waals surface area contributed by atoms with Gasteiger partial charge in [0.25, 0.3) is 5.91 Å². The molecule has 1 N–H and O–H groups in total. The van der Waals surface area contributed by atoms with E-state index in [1.54, 1.807) is 25.4 Å². The van der Waals surface area contributed by atoms with Crippen molar-refractivity contribution in [2.45, 2.75) is 6.04 Å². The van der Waals surface area contributed by atoms with Gasteiger partial charge in [0.15, 0.2) is 5.76 Å². The lowest BCUT2D eigenvalue weighted by atomic mass is 10.1. The number of anilines is 1. The van der Waals surface area contributed by atoms with Crippen LogP contribution in [0.5, 0.6) is 5.75 Å². The number of nitrogens with one attached hydrogen (secondary N) is 1. The van der Waals surface area contributed by atoms with E-state index in [2.05, 4.69) is 32.2 Å². The monoisotopic (exact) mass is 406 g/mol. The average Bonchev–Trinajstić information content (AvgIpc) is 3.35. The average molecular weight is 406 g/mol. The van der Waals surface area contributed by atoms with Gasteiger partial charge in [-0.2, -0.15) is 0 Å². The Morgan fingerprint density at radius 2 is 1.97 bits per heavy atom. The van der Waals surface area contributed by atoms with E-state index in [-0.39, 0.29) is 11.9 Å². The largest absolute Gasteiger partial charge is 0.495 e. The SMILES string of the molecule is COc1ccccc1N1CCN([C@@H](CNC(=O)c2ccco2)c2cccnc2)CC1. The second-order valence-electron chi connectivity index (χ2n) is 7.18. The molecule has 0 radical (unpaired) electrons. The minimum Gasteiger partial charge on any atom is -0.495 e. The lowest BCUT2D eigenvalue weighted by Gasteiger charge is -2.40. The number of para-hydroxylation sites is 2. The number of carbonyl (C=O) groups excluding carboxylic acids is 1. The minimum absolute atomic E-state index is 0.0393. The summed E-state index contributed by atoms with van der Waals surface area (Å²) in [4.78, 5) is 21.4. The number of rotatable bonds is 7. The van der Waals surface area contributed by atoms with E-state index in [4.69, 9.17) is 9.15 Å². The van der Waals surface area contributed by atoms with Crippen LogP contribution in [0.1, 0.15) is 22.2 Å². The lowest BCUT2D eigenvalue weighted by molar-refractivity contribution is 0.0902. The van der Waals surface area contributed by atoms with E-state index in [1.807, 2.05) is 30.5 Å². The first-order valence-electron chi connectivity index (χ1n) is 10.1.